The van der Waals surface area contributed by atoms with Crippen LogP contribution < -0.4 is 5.46 Å². The molecule has 0 spiro atoms. The fourth-order valence-corrected chi connectivity index (χ4v) is 3.71. The van der Waals surface area contributed by atoms with E-state index in [9.17, 15) is 9.59 Å². The largest absolute Gasteiger partial charge is 0.494 e. The predicted molar refractivity (Wildman–Crippen MR) is 125 cm³/mol. The van der Waals surface area contributed by atoms with Gasteiger partial charge in [0.15, 0.2) is 5.78 Å². The highest BCUT2D eigenvalue weighted by atomic mass is 16.7. The van der Waals surface area contributed by atoms with Crippen LogP contribution in [0.4, 0.5) is 0 Å². The van der Waals surface area contributed by atoms with E-state index >= 15 is 0 Å². The molecular weight excluding hydrogens is 407 g/mol. The molecule has 0 N–H and O–H groups in total. The third-order valence-corrected chi connectivity index (χ3v) is 5.88. The summed E-state index contributed by atoms with van der Waals surface area (Å²) in [5, 5.41) is 5.19. The number of esters is 1. The Morgan fingerprint density at radius 3 is 2.28 bits per heavy atom. The zero-order valence-electron chi connectivity index (χ0n) is 20.4. The van der Waals surface area contributed by atoms with Gasteiger partial charge in [-0.25, -0.2) is 0 Å². The molecule has 1 aromatic heterocycles. The van der Waals surface area contributed by atoms with Crippen LogP contribution in [0, 0.1) is 0 Å². The molecule has 7 nitrogen and oxygen atoms in total. The molecule has 0 amide bonds. The number of hydrogen-bond donors (Lipinski definition) is 0. The maximum Gasteiger partial charge on any atom is 0.494 e. The minimum Gasteiger partial charge on any atom is -0.459 e. The van der Waals surface area contributed by atoms with Crippen molar-refractivity contribution >= 4 is 35.2 Å². The summed E-state index contributed by atoms with van der Waals surface area (Å²) < 4.78 is 19.5. The standard InChI is InChI=1S/C24H33BN2O5/c1-10-11-16-12-17(25-31-23(6,7)24(8,9)32-25)13-18-20(16)21(15(2)28)26-27(18)14-19(29)30-22(3,4)5/h10,12-13H,1,11,14H2,2-9H3. The van der Waals surface area contributed by atoms with E-state index in [0.29, 0.717) is 23.0 Å². The van der Waals surface area contributed by atoms with Crippen LogP contribution in [0.15, 0.2) is 24.8 Å². The number of hydrogen-bond acceptors (Lipinski definition) is 6. The lowest BCUT2D eigenvalue weighted by Gasteiger charge is -2.32. The quantitative estimate of drug-likeness (QED) is 0.296. The number of fused-ring (bicyclic) bond motifs is 1. The van der Waals surface area contributed by atoms with Gasteiger partial charge in [0, 0.05) is 12.3 Å². The van der Waals surface area contributed by atoms with E-state index in [-0.39, 0.29) is 12.3 Å². The number of aromatic nitrogens is 2. The van der Waals surface area contributed by atoms with Crippen LogP contribution in [0.5, 0.6) is 0 Å². The predicted octanol–water partition coefficient (Wildman–Crippen LogP) is 3.61. The number of ketones is 1. The van der Waals surface area contributed by atoms with Crippen LogP contribution in [0.3, 0.4) is 0 Å². The highest BCUT2D eigenvalue weighted by molar-refractivity contribution is 6.62. The number of carbonyl (C=O) groups excluding carboxylic acids is 2. The molecule has 1 saturated heterocycles. The Labute approximate surface area is 190 Å². The molecule has 32 heavy (non-hydrogen) atoms. The topological polar surface area (TPSA) is 79.7 Å². The number of allylic oxidation sites excluding steroid dienone is 1. The van der Waals surface area contributed by atoms with Gasteiger partial charge in [-0.3, -0.25) is 14.3 Å². The summed E-state index contributed by atoms with van der Waals surface area (Å²) in [4.78, 5) is 24.9. The van der Waals surface area contributed by atoms with Crippen LogP contribution in [0.1, 0.15) is 71.4 Å². The van der Waals surface area contributed by atoms with E-state index in [0.717, 1.165) is 11.0 Å². The van der Waals surface area contributed by atoms with Crippen molar-refractivity contribution in [2.75, 3.05) is 0 Å². The first-order chi connectivity index (χ1) is 14.6. The third-order valence-electron chi connectivity index (χ3n) is 5.88. The van der Waals surface area contributed by atoms with E-state index in [1.54, 1.807) is 6.08 Å². The number of Topliss-reactive ketones (excluding diaryl/α,β-unsaturated/α-hetero) is 1. The Balaban J connectivity index is 2.15. The summed E-state index contributed by atoms with van der Waals surface area (Å²) in [6.07, 6.45) is 2.31. The number of ether oxygens (including phenoxy) is 1. The molecule has 0 aliphatic carbocycles. The Morgan fingerprint density at radius 1 is 1.19 bits per heavy atom. The third kappa shape index (κ3) is 4.66. The van der Waals surface area contributed by atoms with Crippen LogP contribution in [-0.4, -0.2) is 45.5 Å². The molecule has 2 aromatic rings. The van der Waals surface area contributed by atoms with E-state index in [2.05, 4.69) is 11.7 Å². The van der Waals surface area contributed by atoms with E-state index < -0.39 is 29.9 Å². The molecule has 1 aliphatic rings. The van der Waals surface area contributed by atoms with Gasteiger partial charge in [0.2, 0.25) is 0 Å². The van der Waals surface area contributed by atoms with Crippen molar-refractivity contribution in [3.63, 3.8) is 0 Å². The van der Waals surface area contributed by atoms with Crippen molar-refractivity contribution < 1.29 is 23.6 Å². The van der Waals surface area contributed by atoms with Gasteiger partial charge in [0.1, 0.15) is 17.8 Å². The number of nitrogens with zero attached hydrogens (tertiary/aromatic N) is 2. The Morgan fingerprint density at radius 2 is 1.78 bits per heavy atom. The molecular formula is C24H33BN2O5. The first-order valence-electron chi connectivity index (χ1n) is 10.9. The molecule has 2 heterocycles. The lowest BCUT2D eigenvalue weighted by Crippen LogP contribution is -2.41. The van der Waals surface area contributed by atoms with Crippen molar-refractivity contribution in [2.24, 2.45) is 0 Å². The number of benzene rings is 1. The van der Waals surface area contributed by atoms with Gasteiger partial charge in [-0.1, -0.05) is 12.1 Å². The molecule has 172 valence electrons. The second-order valence-corrected chi connectivity index (χ2v) is 10.3. The van der Waals surface area contributed by atoms with Gasteiger partial charge in [0.05, 0.1) is 16.7 Å². The summed E-state index contributed by atoms with van der Waals surface area (Å²) in [6.45, 7) is 18.6. The summed E-state index contributed by atoms with van der Waals surface area (Å²) in [5.41, 5.74) is 1.05. The molecule has 1 fully saturated rings. The van der Waals surface area contributed by atoms with E-state index in [4.69, 9.17) is 14.0 Å². The molecule has 3 rings (SSSR count). The van der Waals surface area contributed by atoms with Gasteiger partial charge in [-0.05, 0) is 72.0 Å². The summed E-state index contributed by atoms with van der Waals surface area (Å²) in [5.74, 6) is -0.602. The lowest BCUT2D eigenvalue weighted by atomic mass is 9.77. The summed E-state index contributed by atoms with van der Waals surface area (Å²) in [6, 6.07) is 3.85. The van der Waals surface area contributed by atoms with Gasteiger partial charge in [-0.15, -0.1) is 6.58 Å². The monoisotopic (exact) mass is 440 g/mol. The second-order valence-electron chi connectivity index (χ2n) is 10.3. The lowest BCUT2D eigenvalue weighted by molar-refractivity contribution is -0.155. The first-order valence-corrected chi connectivity index (χ1v) is 10.9. The molecule has 1 aliphatic heterocycles. The molecule has 0 radical (unpaired) electrons. The first kappa shape index (κ1) is 24.2. The molecule has 0 atom stereocenters. The Bertz CT molecular complexity index is 1060. The van der Waals surface area contributed by atoms with Gasteiger partial charge in [0.25, 0.3) is 0 Å². The van der Waals surface area contributed by atoms with Crippen molar-refractivity contribution in [1.82, 2.24) is 9.78 Å². The van der Waals surface area contributed by atoms with Crippen molar-refractivity contribution in [3.8, 4) is 0 Å². The smallest absolute Gasteiger partial charge is 0.459 e. The normalized spacial score (nSPS) is 17.6. The molecule has 1 aromatic carbocycles. The van der Waals surface area contributed by atoms with E-state index in [1.807, 2.05) is 60.6 Å². The van der Waals surface area contributed by atoms with Gasteiger partial charge >= 0.3 is 13.1 Å². The van der Waals surface area contributed by atoms with E-state index in [1.165, 1.54) is 11.6 Å². The molecule has 0 bridgehead atoms. The van der Waals surface area contributed by atoms with Gasteiger partial charge < -0.3 is 14.0 Å². The minimum atomic E-state index is -0.620. The molecule has 0 unspecified atom stereocenters. The Hall–Kier alpha value is -2.45. The van der Waals surface area contributed by atoms with Crippen molar-refractivity contribution in [3.05, 3.63) is 36.0 Å². The fraction of sp³-hybridized carbons (Fsp3) is 0.542. The number of rotatable bonds is 6. The average molecular weight is 440 g/mol. The van der Waals surface area contributed by atoms with Crippen LogP contribution >= 0.6 is 0 Å². The van der Waals surface area contributed by atoms with Gasteiger partial charge in [-0.2, -0.15) is 5.10 Å². The fourth-order valence-electron chi connectivity index (χ4n) is 3.71. The SMILES string of the molecule is C=CCc1cc(B2OC(C)(C)C(C)(C)O2)cc2c1c(C(C)=O)nn2CC(=O)OC(C)(C)C. The zero-order chi connectivity index (χ0) is 24.1. The highest BCUT2D eigenvalue weighted by Gasteiger charge is 2.51. The van der Waals surface area contributed by atoms with Crippen LogP contribution in [0.25, 0.3) is 10.9 Å². The highest BCUT2D eigenvalue weighted by Crippen LogP contribution is 2.37. The molecule has 8 heteroatoms. The van der Waals surface area contributed by atoms with Crippen LogP contribution in [0.2, 0.25) is 0 Å². The maximum atomic E-state index is 12.5. The average Bonchev–Trinajstić information content (AvgIpc) is 3.08. The summed E-state index contributed by atoms with van der Waals surface area (Å²) in [7, 11) is -0.585. The minimum absolute atomic E-state index is 0.110. The second kappa shape index (κ2) is 8.16. The summed E-state index contributed by atoms with van der Waals surface area (Å²) >= 11 is 0. The van der Waals surface area contributed by atoms with Crippen molar-refractivity contribution in [1.29, 1.82) is 0 Å². The Kier molecular flexibility index (Phi) is 6.17. The van der Waals surface area contributed by atoms with Crippen molar-refractivity contribution in [2.45, 2.75) is 85.2 Å². The van der Waals surface area contributed by atoms with Crippen LogP contribution in [-0.2, 0) is 31.8 Å². The number of carbonyl (C=O) groups is 2. The molecule has 0 saturated carbocycles. The maximum absolute atomic E-state index is 12.5. The zero-order valence-corrected chi connectivity index (χ0v) is 20.4.